The molecule has 2 aliphatic rings. The Kier molecular flexibility index (Phi) is 5.49. The van der Waals surface area contributed by atoms with Crippen LogP contribution in [0.3, 0.4) is 0 Å². The third kappa shape index (κ3) is 3.42. The normalized spacial score (nSPS) is 17.0. The molecule has 0 saturated carbocycles. The number of carbonyl (C=O) groups is 1. The Labute approximate surface area is 160 Å². The van der Waals surface area contributed by atoms with Gasteiger partial charge in [-0.3, -0.25) is 0 Å². The average Bonchev–Trinajstić information content (AvgIpc) is 2.79. The highest BCUT2D eigenvalue weighted by Crippen LogP contribution is 2.38. The zero-order valence-electron chi connectivity index (χ0n) is 15.0. The van der Waals surface area contributed by atoms with E-state index in [-0.39, 0.29) is 12.4 Å². The van der Waals surface area contributed by atoms with E-state index in [1.54, 1.807) is 6.07 Å². The summed E-state index contributed by atoms with van der Waals surface area (Å²) in [6.07, 6.45) is 4.07. The smallest absolute Gasteiger partial charge is 0.335 e. The molecule has 1 N–H and O–H groups in total. The number of benzene rings is 2. The molecule has 136 valence electrons. The Morgan fingerprint density at radius 1 is 0.923 bits per heavy atom. The van der Waals surface area contributed by atoms with Crippen LogP contribution in [0.15, 0.2) is 48.0 Å². The Morgan fingerprint density at radius 3 is 2.27 bits per heavy atom. The van der Waals surface area contributed by atoms with Crippen molar-refractivity contribution in [1.29, 1.82) is 0 Å². The van der Waals surface area contributed by atoms with E-state index in [2.05, 4.69) is 36.2 Å². The van der Waals surface area contributed by atoms with Crippen LogP contribution in [0.4, 0.5) is 0 Å². The number of hydrogen-bond donors (Lipinski definition) is 1. The summed E-state index contributed by atoms with van der Waals surface area (Å²) in [7, 11) is 2.17. The first kappa shape index (κ1) is 18.7. The fraction of sp³-hybridized carbons (Fsp3) is 0.318. The zero-order chi connectivity index (χ0) is 17.4. The molecule has 0 amide bonds. The highest BCUT2D eigenvalue weighted by molar-refractivity contribution is 5.92. The van der Waals surface area contributed by atoms with Gasteiger partial charge >= 0.3 is 5.97 Å². The van der Waals surface area contributed by atoms with E-state index in [1.807, 2.05) is 12.1 Å². The van der Waals surface area contributed by atoms with Gasteiger partial charge in [-0.1, -0.05) is 35.9 Å². The van der Waals surface area contributed by atoms with Crippen LogP contribution in [0.25, 0.3) is 5.57 Å². The van der Waals surface area contributed by atoms with Crippen molar-refractivity contribution in [2.24, 2.45) is 0 Å². The second kappa shape index (κ2) is 7.65. The van der Waals surface area contributed by atoms with E-state index in [4.69, 9.17) is 0 Å². The van der Waals surface area contributed by atoms with E-state index in [0.29, 0.717) is 5.56 Å². The van der Waals surface area contributed by atoms with Crippen LogP contribution in [0, 0.1) is 0 Å². The Bertz CT molecular complexity index is 862. The molecule has 0 unspecified atom stereocenters. The van der Waals surface area contributed by atoms with Gasteiger partial charge in [0, 0.05) is 13.1 Å². The van der Waals surface area contributed by atoms with Crippen molar-refractivity contribution < 1.29 is 9.90 Å². The first-order valence-electron chi connectivity index (χ1n) is 8.99. The van der Waals surface area contributed by atoms with Crippen molar-refractivity contribution >= 4 is 23.9 Å². The molecule has 26 heavy (non-hydrogen) atoms. The summed E-state index contributed by atoms with van der Waals surface area (Å²) in [5.41, 5.74) is 8.20. The maximum Gasteiger partial charge on any atom is 0.335 e. The standard InChI is InChI=1S/C22H23NO2.ClH/c1-23-12-10-17(11-13-23)21-19-5-3-2-4-15(19)6-7-16-8-9-18(22(24)25)14-20(16)21;/h2-5,8-9,14H,6-7,10-13H2,1H3,(H,24,25);1H. The van der Waals surface area contributed by atoms with Crippen LogP contribution in [-0.2, 0) is 12.8 Å². The van der Waals surface area contributed by atoms with Gasteiger partial charge in [0.1, 0.15) is 0 Å². The number of carboxylic acid groups (broad SMARTS) is 1. The first-order valence-corrected chi connectivity index (χ1v) is 8.99. The van der Waals surface area contributed by atoms with Crippen LogP contribution in [0.5, 0.6) is 0 Å². The second-order valence-corrected chi connectivity index (χ2v) is 7.12. The molecule has 1 aliphatic carbocycles. The third-order valence-electron chi connectivity index (χ3n) is 5.52. The summed E-state index contributed by atoms with van der Waals surface area (Å²) in [5, 5.41) is 9.46. The van der Waals surface area contributed by atoms with Crippen LogP contribution in [0.2, 0.25) is 0 Å². The van der Waals surface area contributed by atoms with Gasteiger partial charge in [-0.05, 0) is 72.7 Å². The van der Waals surface area contributed by atoms with Crippen molar-refractivity contribution in [1.82, 2.24) is 4.90 Å². The van der Waals surface area contributed by atoms with Gasteiger partial charge in [0.25, 0.3) is 0 Å². The van der Waals surface area contributed by atoms with E-state index >= 15 is 0 Å². The zero-order valence-corrected chi connectivity index (χ0v) is 15.8. The predicted molar refractivity (Wildman–Crippen MR) is 107 cm³/mol. The lowest BCUT2D eigenvalue weighted by molar-refractivity contribution is 0.0697. The van der Waals surface area contributed by atoms with Crippen LogP contribution >= 0.6 is 12.4 Å². The molecule has 0 atom stereocenters. The Hall–Kier alpha value is -2.10. The summed E-state index contributed by atoms with van der Waals surface area (Å²) < 4.78 is 0. The van der Waals surface area contributed by atoms with E-state index in [9.17, 15) is 9.90 Å². The molecule has 1 aliphatic heterocycles. The van der Waals surface area contributed by atoms with Crippen LogP contribution < -0.4 is 0 Å². The fourth-order valence-electron chi connectivity index (χ4n) is 4.08. The number of carboxylic acids is 1. The number of likely N-dealkylation sites (tertiary alicyclic amines) is 1. The van der Waals surface area contributed by atoms with Gasteiger partial charge in [-0.25, -0.2) is 4.79 Å². The Balaban J connectivity index is 0.00000196. The topological polar surface area (TPSA) is 40.5 Å². The number of aryl methyl sites for hydroxylation is 2. The van der Waals surface area contributed by atoms with Gasteiger partial charge in [0.2, 0.25) is 0 Å². The van der Waals surface area contributed by atoms with Gasteiger partial charge in [0.15, 0.2) is 0 Å². The largest absolute Gasteiger partial charge is 0.478 e. The number of fused-ring (bicyclic) bond motifs is 2. The van der Waals surface area contributed by atoms with E-state index in [1.165, 1.54) is 27.8 Å². The molecule has 1 heterocycles. The number of rotatable bonds is 1. The van der Waals surface area contributed by atoms with Crippen LogP contribution in [-0.4, -0.2) is 36.1 Å². The van der Waals surface area contributed by atoms with Gasteiger partial charge in [0.05, 0.1) is 5.56 Å². The minimum atomic E-state index is -0.854. The van der Waals surface area contributed by atoms with E-state index in [0.717, 1.165) is 44.3 Å². The second-order valence-electron chi connectivity index (χ2n) is 7.12. The lowest BCUT2D eigenvalue weighted by atomic mass is 9.85. The molecule has 4 rings (SSSR count). The molecular formula is C22H24ClNO2. The predicted octanol–water partition coefficient (Wildman–Crippen LogP) is 4.43. The molecule has 3 nitrogen and oxygen atoms in total. The number of nitrogens with zero attached hydrogens (tertiary/aromatic N) is 1. The van der Waals surface area contributed by atoms with Crippen molar-refractivity contribution in [2.45, 2.75) is 25.7 Å². The monoisotopic (exact) mass is 369 g/mol. The Morgan fingerprint density at radius 2 is 1.58 bits per heavy atom. The molecule has 2 aromatic carbocycles. The summed E-state index contributed by atoms with van der Waals surface area (Å²) in [6, 6.07) is 14.3. The van der Waals surface area contributed by atoms with Crippen molar-refractivity contribution in [3.05, 3.63) is 75.9 Å². The number of halogens is 1. The van der Waals surface area contributed by atoms with E-state index < -0.39 is 5.97 Å². The number of aromatic carboxylic acids is 1. The SMILES string of the molecule is CN1CCC(=C2c3ccccc3CCc3ccc(C(=O)O)cc32)CC1.Cl. The molecule has 2 aromatic rings. The number of hydrogen-bond acceptors (Lipinski definition) is 2. The first-order chi connectivity index (χ1) is 12.1. The average molecular weight is 370 g/mol. The highest BCUT2D eigenvalue weighted by atomic mass is 35.5. The molecule has 0 aromatic heterocycles. The minimum Gasteiger partial charge on any atom is -0.478 e. The summed E-state index contributed by atoms with van der Waals surface area (Å²) in [4.78, 5) is 13.9. The fourth-order valence-corrected chi connectivity index (χ4v) is 4.08. The van der Waals surface area contributed by atoms with Gasteiger partial charge < -0.3 is 10.0 Å². The quantitative estimate of drug-likeness (QED) is 0.808. The van der Waals surface area contributed by atoms with Crippen molar-refractivity contribution in [3.8, 4) is 0 Å². The lowest BCUT2D eigenvalue weighted by Gasteiger charge is -2.27. The third-order valence-corrected chi connectivity index (χ3v) is 5.52. The summed E-state index contributed by atoms with van der Waals surface area (Å²) in [6.45, 7) is 2.13. The number of piperidine rings is 1. The minimum absolute atomic E-state index is 0. The molecular weight excluding hydrogens is 346 g/mol. The van der Waals surface area contributed by atoms with Crippen molar-refractivity contribution in [3.63, 3.8) is 0 Å². The maximum atomic E-state index is 11.5. The molecule has 1 fully saturated rings. The maximum absolute atomic E-state index is 11.5. The molecule has 0 radical (unpaired) electrons. The van der Waals surface area contributed by atoms with Crippen LogP contribution in [0.1, 0.15) is 45.5 Å². The molecule has 0 spiro atoms. The van der Waals surface area contributed by atoms with Gasteiger partial charge in [-0.2, -0.15) is 0 Å². The highest BCUT2D eigenvalue weighted by Gasteiger charge is 2.24. The molecule has 0 bridgehead atoms. The summed E-state index contributed by atoms with van der Waals surface area (Å²) in [5.74, 6) is -0.854. The van der Waals surface area contributed by atoms with Gasteiger partial charge in [-0.15, -0.1) is 12.4 Å². The summed E-state index contributed by atoms with van der Waals surface area (Å²) >= 11 is 0. The molecule has 4 heteroatoms. The lowest BCUT2D eigenvalue weighted by Crippen LogP contribution is -2.27. The van der Waals surface area contributed by atoms with Crippen molar-refractivity contribution in [2.75, 3.05) is 20.1 Å². The molecule has 1 saturated heterocycles.